The first-order valence-corrected chi connectivity index (χ1v) is 6.61. The molecule has 0 aromatic carbocycles. The highest BCUT2D eigenvalue weighted by Crippen LogP contribution is 2.48. The van der Waals surface area contributed by atoms with Crippen molar-refractivity contribution in [1.29, 1.82) is 0 Å². The Hall–Kier alpha value is -0.560. The van der Waals surface area contributed by atoms with Crippen molar-refractivity contribution in [2.45, 2.75) is 46.5 Å². The SMILES string of the molecule is CC(=CC1CCC(C)C2CCC(C)=C12)CO. The highest BCUT2D eigenvalue weighted by molar-refractivity contribution is 5.30. The fraction of sp³-hybridized carbons (Fsp3) is 0.733. The molecule has 1 nitrogen and oxygen atoms in total. The molecule has 2 aliphatic rings. The summed E-state index contributed by atoms with van der Waals surface area (Å²) in [6, 6.07) is 0. The van der Waals surface area contributed by atoms with Crippen LogP contribution in [0.4, 0.5) is 0 Å². The number of hydrogen-bond acceptors (Lipinski definition) is 1. The van der Waals surface area contributed by atoms with Crippen LogP contribution in [0.1, 0.15) is 46.5 Å². The van der Waals surface area contributed by atoms with Gasteiger partial charge in [0.25, 0.3) is 0 Å². The van der Waals surface area contributed by atoms with Gasteiger partial charge in [0.15, 0.2) is 0 Å². The van der Waals surface area contributed by atoms with Crippen LogP contribution in [0.15, 0.2) is 22.8 Å². The van der Waals surface area contributed by atoms with Crippen molar-refractivity contribution in [2.24, 2.45) is 17.8 Å². The van der Waals surface area contributed by atoms with Crippen LogP contribution in [-0.4, -0.2) is 11.7 Å². The molecule has 0 amide bonds. The van der Waals surface area contributed by atoms with Crippen LogP contribution >= 0.6 is 0 Å². The van der Waals surface area contributed by atoms with Crippen molar-refractivity contribution in [1.82, 2.24) is 0 Å². The maximum atomic E-state index is 9.14. The van der Waals surface area contributed by atoms with Gasteiger partial charge in [0.05, 0.1) is 6.61 Å². The van der Waals surface area contributed by atoms with E-state index in [1.807, 2.05) is 6.92 Å². The highest BCUT2D eigenvalue weighted by Gasteiger charge is 2.35. The van der Waals surface area contributed by atoms with Gasteiger partial charge in [0.1, 0.15) is 0 Å². The Kier molecular flexibility index (Phi) is 3.53. The summed E-state index contributed by atoms with van der Waals surface area (Å²) < 4.78 is 0. The van der Waals surface area contributed by atoms with Gasteiger partial charge < -0.3 is 5.11 Å². The quantitative estimate of drug-likeness (QED) is 0.704. The zero-order valence-electron chi connectivity index (χ0n) is 10.8. The standard InChI is InChI=1S/C15H24O/c1-10(9-16)8-13-6-4-11(2)14-7-5-12(3)15(13)14/h8,11,13-14,16H,4-7,9H2,1-3H3. The first-order chi connectivity index (χ1) is 7.63. The lowest BCUT2D eigenvalue weighted by Gasteiger charge is -2.34. The van der Waals surface area contributed by atoms with E-state index in [1.165, 1.54) is 25.7 Å². The van der Waals surface area contributed by atoms with Crippen molar-refractivity contribution in [3.63, 3.8) is 0 Å². The summed E-state index contributed by atoms with van der Waals surface area (Å²) in [7, 11) is 0. The number of aliphatic hydroxyl groups excluding tert-OH is 1. The van der Waals surface area contributed by atoms with Gasteiger partial charge in [-0.15, -0.1) is 0 Å². The zero-order chi connectivity index (χ0) is 11.7. The van der Waals surface area contributed by atoms with E-state index in [0.29, 0.717) is 5.92 Å². The lowest BCUT2D eigenvalue weighted by Crippen LogP contribution is -2.23. The Bertz CT molecular complexity index is 324. The summed E-state index contributed by atoms with van der Waals surface area (Å²) in [6.07, 6.45) is 7.60. The zero-order valence-corrected chi connectivity index (χ0v) is 10.8. The first kappa shape index (κ1) is 11.9. The van der Waals surface area contributed by atoms with Gasteiger partial charge in [-0.25, -0.2) is 0 Å². The Labute approximate surface area is 99.3 Å². The van der Waals surface area contributed by atoms with Crippen molar-refractivity contribution < 1.29 is 5.11 Å². The Morgan fingerprint density at radius 3 is 2.81 bits per heavy atom. The summed E-state index contributed by atoms with van der Waals surface area (Å²) in [5.74, 6) is 2.32. The second-order valence-electron chi connectivity index (χ2n) is 5.71. The fourth-order valence-electron chi connectivity index (χ4n) is 3.54. The van der Waals surface area contributed by atoms with E-state index in [-0.39, 0.29) is 6.61 Å². The molecule has 0 heterocycles. The fourth-order valence-corrected chi connectivity index (χ4v) is 3.54. The molecular weight excluding hydrogens is 196 g/mol. The maximum Gasteiger partial charge on any atom is 0.0639 e. The summed E-state index contributed by atoms with van der Waals surface area (Å²) in [4.78, 5) is 0. The van der Waals surface area contributed by atoms with Gasteiger partial charge in [0, 0.05) is 0 Å². The molecule has 1 N–H and O–H groups in total. The largest absolute Gasteiger partial charge is 0.392 e. The molecule has 0 saturated heterocycles. The molecule has 0 radical (unpaired) electrons. The molecule has 2 aliphatic carbocycles. The molecule has 0 aromatic heterocycles. The molecular formula is C15H24O. The molecule has 3 unspecified atom stereocenters. The first-order valence-electron chi connectivity index (χ1n) is 6.61. The third kappa shape index (κ3) is 2.10. The minimum Gasteiger partial charge on any atom is -0.392 e. The van der Waals surface area contributed by atoms with Crippen LogP contribution < -0.4 is 0 Å². The van der Waals surface area contributed by atoms with E-state index in [1.54, 1.807) is 11.1 Å². The van der Waals surface area contributed by atoms with Gasteiger partial charge in [-0.05, 0) is 57.3 Å². The number of hydrogen-bond donors (Lipinski definition) is 1. The van der Waals surface area contributed by atoms with Crippen LogP contribution in [-0.2, 0) is 0 Å². The maximum absolute atomic E-state index is 9.14. The van der Waals surface area contributed by atoms with Crippen LogP contribution in [0.2, 0.25) is 0 Å². The van der Waals surface area contributed by atoms with E-state index in [2.05, 4.69) is 19.9 Å². The molecule has 16 heavy (non-hydrogen) atoms. The molecule has 3 atom stereocenters. The molecule has 0 bridgehead atoms. The minimum absolute atomic E-state index is 0.211. The normalized spacial score (nSPS) is 35.5. The number of rotatable bonds is 2. The number of fused-ring (bicyclic) bond motifs is 1. The lowest BCUT2D eigenvalue weighted by molar-refractivity contribution is 0.296. The average Bonchev–Trinajstić information content (AvgIpc) is 2.66. The van der Waals surface area contributed by atoms with Crippen LogP contribution in [0.5, 0.6) is 0 Å². The van der Waals surface area contributed by atoms with Crippen molar-refractivity contribution >= 4 is 0 Å². The summed E-state index contributed by atoms with van der Waals surface area (Å²) in [5, 5.41) is 9.14. The van der Waals surface area contributed by atoms with Crippen molar-refractivity contribution in [3.8, 4) is 0 Å². The van der Waals surface area contributed by atoms with E-state index in [4.69, 9.17) is 5.11 Å². The topological polar surface area (TPSA) is 20.2 Å². The molecule has 1 fully saturated rings. The number of allylic oxidation sites excluding steroid dienone is 3. The summed E-state index contributed by atoms with van der Waals surface area (Å²) in [6.45, 7) is 6.96. The third-order valence-corrected chi connectivity index (χ3v) is 4.48. The van der Waals surface area contributed by atoms with Crippen molar-refractivity contribution in [3.05, 3.63) is 22.8 Å². The van der Waals surface area contributed by atoms with E-state index < -0.39 is 0 Å². The summed E-state index contributed by atoms with van der Waals surface area (Å²) in [5.41, 5.74) is 4.47. The van der Waals surface area contributed by atoms with Gasteiger partial charge >= 0.3 is 0 Å². The molecule has 0 aromatic rings. The van der Waals surface area contributed by atoms with E-state index in [0.717, 1.165) is 17.4 Å². The van der Waals surface area contributed by atoms with Crippen LogP contribution in [0.25, 0.3) is 0 Å². The van der Waals surface area contributed by atoms with E-state index in [9.17, 15) is 0 Å². The summed E-state index contributed by atoms with van der Waals surface area (Å²) >= 11 is 0. The second-order valence-corrected chi connectivity index (χ2v) is 5.71. The number of aliphatic hydroxyl groups is 1. The van der Waals surface area contributed by atoms with Gasteiger partial charge in [-0.2, -0.15) is 0 Å². The minimum atomic E-state index is 0.211. The average molecular weight is 220 g/mol. The smallest absolute Gasteiger partial charge is 0.0639 e. The van der Waals surface area contributed by atoms with Crippen molar-refractivity contribution in [2.75, 3.05) is 6.61 Å². The molecule has 1 saturated carbocycles. The predicted octanol–water partition coefficient (Wildman–Crippen LogP) is 3.70. The molecule has 1 heteroatoms. The predicted molar refractivity (Wildman–Crippen MR) is 68.2 cm³/mol. The molecule has 2 rings (SSSR count). The Morgan fingerprint density at radius 2 is 2.12 bits per heavy atom. The lowest BCUT2D eigenvalue weighted by atomic mass is 9.71. The highest BCUT2D eigenvalue weighted by atomic mass is 16.3. The molecule has 0 spiro atoms. The van der Waals surface area contributed by atoms with E-state index >= 15 is 0 Å². The second kappa shape index (κ2) is 4.75. The Balaban J connectivity index is 2.24. The Morgan fingerprint density at radius 1 is 1.38 bits per heavy atom. The van der Waals surface area contributed by atoms with Gasteiger partial charge in [-0.1, -0.05) is 29.7 Å². The molecule has 90 valence electrons. The van der Waals surface area contributed by atoms with Crippen LogP contribution in [0.3, 0.4) is 0 Å². The van der Waals surface area contributed by atoms with Gasteiger partial charge in [-0.3, -0.25) is 0 Å². The van der Waals surface area contributed by atoms with Gasteiger partial charge in [0.2, 0.25) is 0 Å². The molecule has 0 aliphatic heterocycles. The monoisotopic (exact) mass is 220 g/mol. The third-order valence-electron chi connectivity index (χ3n) is 4.48. The van der Waals surface area contributed by atoms with Crippen LogP contribution in [0, 0.1) is 17.8 Å².